The Morgan fingerprint density at radius 3 is 2.58 bits per heavy atom. The van der Waals surface area contributed by atoms with Crippen LogP contribution in [-0.2, 0) is 0 Å². The molecule has 19 heavy (non-hydrogen) atoms. The number of fused-ring (bicyclic) bond motifs is 1. The number of amides is 1. The molecule has 0 unspecified atom stereocenters. The van der Waals surface area contributed by atoms with E-state index < -0.39 is 5.97 Å². The molecule has 0 spiro atoms. The average Bonchev–Trinajstić information content (AvgIpc) is 2.77. The van der Waals surface area contributed by atoms with Crippen LogP contribution in [0.2, 0.25) is 0 Å². The Morgan fingerprint density at radius 2 is 2.05 bits per heavy atom. The van der Waals surface area contributed by atoms with Gasteiger partial charge in [0.05, 0.1) is 22.7 Å². The second-order valence-electron chi connectivity index (χ2n) is 4.21. The van der Waals surface area contributed by atoms with Crippen molar-refractivity contribution in [2.75, 3.05) is 14.1 Å². The Kier molecular flexibility index (Phi) is 2.97. The van der Waals surface area contributed by atoms with E-state index in [0.29, 0.717) is 5.52 Å². The Morgan fingerprint density at radius 1 is 1.37 bits per heavy atom. The maximum absolute atomic E-state index is 12.0. The zero-order valence-electron chi connectivity index (χ0n) is 10.4. The number of benzene rings is 1. The van der Waals surface area contributed by atoms with Crippen LogP contribution in [0.3, 0.4) is 0 Å². The molecule has 0 aliphatic carbocycles. The first-order valence-corrected chi connectivity index (χ1v) is 5.46. The van der Waals surface area contributed by atoms with Gasteiger partial charge in [0.2, 0.25) is 0 Å². The number of aromatic carboxylic acids is 1. The first-order chi connectivity index (χ1) is 8.97. The molecule has 6 nitrogen and oxygen atoms in total. The number of nitrogens with zero attached hydrogens (tertiary/aromatic N) is 3. The average molecular weight is 257 g/mol. The number of carbonyl (C=O) groups is 2. The molecule has 0 aliphatic heterocycles. The van der Waals surface area contributed by atoms with Gasteiger partial charge in [-0.2, -0.15) is 5.26 Å². The highest BCUT2D eigenvalue weighted by Crippen LogP contribution is 2.25. The predicted molar refractivity (Wildman–Crippen MR) is 68.1 cm³/mol. The van der Waals surface area contributed by atoms with E-state index in [1.54, 1.807) is 26.2 Å². The lowest BCUT2D eigenvalue weighted by atomic mass is 10.1. The molecule has 0 saturated carbocycles. The summed E-state index contributed by atoms with van der Waals surface area (Å²) in [5.41, 5.74) is 0.595. The Balaban J connectivity index is 2.87. The molecule has 1 heterocycles. The van der Waals surface area contributed by atoms with E-state index in [1.165, 1.54) is 21.7 Å². The lowest BCUT2D eigenvalue weighted by Gasteiger charge is -2.11. The van der Waals surface area contributed by atoms with Crippen LogP contribution >= 0.6 is 0 Å². The fourth-order valence-electron chi connectivity index (χ4n) is 1.92. The van der Waals surface area contributed by atoms with Crippen LogP contribution in [0.1, 0.15) is 15.9 Å². The van der Waals surface area contributed by atoms with E-state index in [2.05, 4.69) is 0 Å². The minimum atomic E-state index is -1.17. The lowest BCUT2D eigenvalue weighted by molar-refractivity contribution is 0.0699. The molecule has 0 bridgehead atoms. The third kappa shape index (κ3) is 1.91. The van der Waals surface area contributed by atoms with Gasteiger partial charge in [0, 0.05) is 25.7 Å². The minimum Gasteiger partial charge on any atom is -0.478 e. The number of carbonyl (C=O) groups excluding carboxylic acids is 1. The van der Waals surface area contributed by atoms with Crippen molar-refractivity contribution < 1.29 is 14.7 Å². The topological polar surface area (TPSA) is 86.3 Å². The van der Waals surface area contributed by atoms with Crippen molar-refractivity contribution in [3.63, 3.8) is 0 Å². The summed E-state index contributed by atoms with van der Waals surface area (Å²) in [6.45, 7) is 0. The number of rotatable bonds is 1. The molecule has 1 N–H and O–H groups in total. The summed E-state index contributed by atoms with van der Waals surface area (Å²) in [5, 5.41) is 18.5. The molecule has 1 aromatic heterocycles. The number of hydrogen-bond donors (Lipinski definition) is 1. The summed E-state index contributed by atoms with van der Waals surface area (Å²) in [4.78, 5) is 24.6. The molecule has 6 heteroatoms. The van der Waals surface area contributed by atoms with Crippen LogP contribution in [0, 0.1) is 11.3 Å². The fraction of sp³-hybridized carbons (Fsp3) is 0.154. The van der Waals surface area contributed by atoms with Gasteiger partial charge in [-0.1, -0.05) is 6.07 Å². The molecular weight excluding hydrogens is 246 g/mol. The molecule has 0 aliphatic rings. The van der Waals surface area contributed by atoms with Crippen molar-refractivity contribution in [2.24, 2.45) is 0 Å². The van der Waals surface area contributed by atoms with E-state index in [0.717, 1.165) is 0 Å². The van der Waals surface area contributed by atoms with E-state index in [-0.39, 0.29) is 22.5 Å². The Bertz CT molecular complexity index is 723. The van der Waals surface area contributed by atoms with E-state index >= 15 is 0 Å². The molecule has 2 aromatic rings. The van der Waals surface area contributed by atoms with Crippen molar-refractivity contribution in [1.82, 2.24) is 9.47 Å². The normalized spacial score (nSPS) is 10.2. The van der Waals surface area contributed by atoms with E-state index in [1.807, 2.05) is 6.07 Å². The Labute approximate surface area is 109 Å². The van der Waals surface area contributed by atoms with Crippen LogP contribution in [-0.4, -0.2) is 40.7 Å². The van der Waals surface area contributed by atoms with E-state index in [9.17, 15) is 14.7 Å². The summed E-state index contributed by atoms with van der Waals surface area (Å²) in [6, 6.07) is 6.34. The Hall–Kier alpha value is -2.81. The standard InChI is InChI=1S/C13H11N3O3/c1-15(2)13(19)16-7-9(12(17)18)11-8(6-14)4-3-5-10(11)16/h3-5,7H,1-2H3,(H,17,18). The van der Waals surface area contributed by atoms with Crippen molar-refractivity contribution in [1.29, 1.82) is 5.26 Å². The highest BCUT2D eigenvalue weighted by molar-refractivity contribution is 6.08. The predicted octanol–water partition coefficient (Wildman–Crippen LogP) is 1.74. The van der Waals surface area contributed by atoms with Gasteiger partial charge in [0.15, 0.2) is 0 Å². The zero-order valence-corrected chi connectivity index (χ0v) is 10.4. The quantitative estimate of drug-likeness (QED) is 0.843. The molecule has 0 saturated heterocycles. The second kappa shape index (κ2) is 4.46. The van der Waals surface area contributed by atoms with Crippen molar-refractivity contribution in [3.05, 3.63) is 35.5 Å². The highest BCUT2D eigenvalue weighted by Gasteiger charge is 2.20. The van der Waals surface area contributed by atoms with Gasteiger partial charge < -0.3 is 10.0 Å². The third-order valence-corrected chi connectivity index (χ3v) is 2.77. The number of hydrogen-bond acceptors (Lipinski definition) is 3. The number of aromatic nitrogens is 1. The summed E-state index contributed by atoms with van der Waals surface area (Å²) in [6.07, 6.45) is 1.25. The van der Waals surface area contributed by atoms with Gasteiger partial charge in [-0.3, -0.25) is 4.57 Å². The molecule has 0 fully saturated rings. The molecule has 96 valence electrons. The minimum absolute atomic E-state index is 0.0534. The first kappa shape index (κ1) is 12.6. The van der Waals surface area contributed by atoms with Crippen molar-refractivity contribution in [3.8, 4) is 6.07 Å². The second-order valence-corrected chi connectivity index (χ2v) is 4.21. The van der Waals surface area contributed by atoms with Crippen LogP contribution < -0.4 is 0 Å². The van der Waals surface area contributed by atoms with Crippen molar-refractivity contribution in [2.45, 2.75) is 0 Å². The monoisotopic (exact) mass is 257 g/mol. The fourth-order valence-corrected chi connectivity index (χ4v) is 1.92. The maximum atomic E-state index is 12.0. The highest BCUT2D eigenvalue weighted by atomic mass is 16.4. The molecule has 0 atom stereocenters. The summed E-state index contributed by atoms with van der Waals surface area (Å²) < 4.78 is 1.24. The van der Waals surface area contributed by atoms with Crippen molar-refractivity contribution >= 4 is 22.9 Å². The largest absolute Gasteiger partial charge is 0.478 e. The molecule has 1 aromatic carbocycles. The molecule has 1 amide bonds. The smallest absolute Gasteiger partial charge is 0.337 e. The summed E-state index contributed by atoms with van der Waals surface area (Å²) in [5.74, 6) is -1.17. The number of carboxylic acid groups (broad SMARTS) is 1. The summed E-state index contributed by atoms with van der Waals surface area (Å²) in [7, 11) is 3.14. The van der Waals surface area contributed by atoms with Gasteiger partial charge in [-0.15, -0.1) is 0 Å². The van der Waals surface area contributed by atoms with Gasteiger partial charge in [0.25, 0.3) is 0 Å². The van der Waals surface area contributed by atoms with Gasteiger partial charge in [0.1, 0.15) is 0 Å². The van der Waals surface area contributed by atoms with Crippen LogP contribution in [0.15, 0.2) is 24.4 Å². The van der Waals surface area contributed by atoms with Crippen LogP contribution in [0.25, 0.3) is 10.9 Å². The number of carboxylic acids is 1. The van der Waals surface area contributed by atoms with Gasteiger partial charge in [-0.05, 0) is 12.1 Å². The lowest BCUT2D eigenvalue weighted by Crippen LogP contribution is -2.26. The SMILES string of the molecule is CN(C)C(=O)n1cc(C(=O)O)c2c(C#N)cccc21. The first-order valence-electron chi connectivity index (χ1n) is 5.46. The van der Waals surface area contributed by atoms with E-state index in [4.69, 9.17) is 5.26 Å². The van der Waals surface area contributed by atoms with Gasteiger partial charge in [-0.25, -0.2) is 9.59 Å². The molecule has 2 rings (SSSR count). The van der Waals surface area contributed by atoms with Gasteiger partial charge >= 0.3 is 12.0 Å². The molecular formula is C13H11N3O3. The zero-order chi connectivity index (χ0) is 14.2. The van der Waals surface area contributed by atoms with Crippen LogP contribution in [0.4, 0.5) is 4.79 Å². The van der Waals surface area contributed by atoms with Crippen LogP contribution in [0.5, 0.6) is 0 Å². The summed E-state index contributed by atoms with van der Waals surface area (Å²) >= 11 is 0. The number of nitriles is 1. The maximum Gasteiger partial charge on any atom is 0.337 e. The molecule has 0 radical (unpaired) electrons. The third-order valence-electron chi connectivity index (χ3n) is 2.77.